The smallest absolute Gasteiger partial charge is 0.0672 e. The summed E-state index contributed by atoms with van der Waals surface area (Å²) in [4.78, 5) is 0. The topological polar surface area (TPSA) is 0 Å². The van der Waals surface area contributed by atoms with Crippen LogP contribution in [0.25, 0.3) is 11.1 Å². The van der Waals surface area contributed by atoms with Crippen LogP contribution in [0.5, 0.6) is 0 Å². The van der Waals surface area contributed by atoms with Crippen molar-refractivity contribution in [3.63, 3.8) is 0 Å². The van der Waals surface area contributed by atoms with Crippen molar-refractivity contribution in [3.05, 3.63) is 56.0 Å². The van der Waals surface area contributed by atoms with Crippen LogP contribution in [0.4, 0.5) is 0 Å². The zero-order valence-corrected chi connectivity index (χ0v) is 13.6. The molecule has 0 atom stereocenters. The maximum absolute atomic E-state index is 6.25. The number of alkyl halides is 1. The average molecular weight is 385 g/mol. The summed E-state index contributed by atoms with van der Waals surface area (Å²) in [6, 6.07) is 9.06. The first-order chi connectivity index (χ1) is 8.54. The molecule has 2 aromatic carbocycles. The largest absolute Gasteiger partial charge is 0.0876 e. The predicted molar refractivity (Wildman–Crippen MR) is 84.5 cm³/mol. The molecule has 0 amide bonds. The van der Waals surface area contributed by atoms with E-state index in [2.05, 4.69) is 15.9 Å². The van der Waals surface area contributed by atoms with E-state index < -0.39 is 0 Å². The molecule has 0 saturated carbocycles. The zero-order chi connectivity index (χ0) is 13.3. The fraction of sp³-hybridized carbons (Fsp3) is 0.0769. The summed E-state index contributed by atoms with van der Waals surface area (Å²) in [6.45, 7) is 0. The molecule has 0 aliphatic rings. The zero-order valence-electron chi connectivity index (χ0n) is 8.98. The van der Waals surface area contributed by atoms with Crippen LogP contribution >= 0.6 is 62.3 Å². The van der Waals surface area contributed by atoms with Gasteiger partial charge in [-0.3, -0.25) is 0 Å². The second kappa shape index (κ2) is 6.02. The highest BCUT2D eigenvalue weighted by Crippen LogP contribution is 2.41. The lowest BCUT2D eigenvalue weighted by Crippen LogP contribution is -1.89. The summed E-state index contributed by atoms with van der Waals surface area (Å²) < 4.78 is 0. The Morgan fingerprint density at radius 2 is 1.67 bits per heavy atom. The van der Waals surface area contributed by atoms with Crippen molar-refractivity contribution in [2.45, 2.75) is 5.33 Å². The van der Waals surface area contributed by atoms with Gasteiger partial charge in [0.05, 0.1) is 10.0 Å². The van der Waals surface area contributed by atoms with Gasteiger partial charge in [0, 0.05) is 26.5 Å². The second-order valence-electron chi connectivity index (χ2n) is 3.66. The van der Waals surface area contributed by atoms with Crippen LogP contribution in [0.2, 0.25) is 20.1 Å². The second-order valence-corrected chi connectivity index (χ2v) is 5.85. The van der Waals surface area contributed by atoms with E-state index >= 15 is 0 Å². The van der Waals surface area contributed by atoms with Crippen molar-refractivity contribution >= 4 is 62.3 Å². The van der Waals surface area contributed by atoms with Crippen LogP contribution in [0.1, 0.15) is 5.56 Å². The molecule has 0 saturated heterocycles. The Balaban J connectivity index is 2.76. The van der Waals surface area contributed by atoms with Gasteiger partial charge in [0.25, 0.3) is 0 Å². The van der Waals surface area contributed by atoms with Crippen LogP contribution in [-0.2, 0) is 5.33 Å². The van der Waals surface area contributed by atoms with E-state index in [0.29, 0.717) is 25.4 Å². The van der Waals surface area contributed by atoms with E-state index in [4.69, 9.17) is 46.4 Å². The lowest BCUT2D eigenvalue weighted by molar-refractivity contribution is 1.43. The van der Waals surface area contributed by atoms with Crippen LogP contribution in [-0.4, -0.2) is 0 Å². The van der Waals surface area contributed by atoms with Crippen molar-refractivity contribution in [1.82, 2.24) is 0 Å². The molecule has 5 heteroatoms. The van der Waals surface area contributed by atoms with Gasteiger partial charge in [0.2, 0.25) is 0 Å². The Morgan fingerprint density at radius 3 is 2.33 bits per heavy atom. The maximum atomic E-state index is 6.25. The fourth-order valence-electron chi connectivity index (χ4n) is 1.72. The minimum atomic E-state index is 0.416. The van der Waals surface area contributed by atoms with Crippen LogP contribution in [0.3, 0.4) is 0 Å². The molecule has 0 aliphatic carbocycles. The minimum absolute atomic E-state index is 0.416. The number of halogens is 5. The SMILES string of the molecule is Clc1cc(Cl)c(Cl)c(-c2c(Cl)cccc2CBr)c1. The molecule has 0 spiro atoms. The molecule has 2 rings (SSSR count). The van der Waals surface area contributed by atoms with Gasteiger partial charge in [-0.15, -0.1) is 0 Å². The third-order valence-electron chi connectivity index (χ3n) is 2.51. The van der Waals surface area contributed by atoms with Crippen molar-refractivity contribution in [2.75, 3.05) is 0 Å². The quantitative estimate of drug-likeness (QED) is 0.391. The molecule has 18 heavy (non-hydrogen) atoms. The molecular formula is C13H7BrCl4. The van der Waals surface area contributed by atoms with E-state index in [1.54, 1.807) is 12.1 Å². The Morgan fingerprint density at radius 1 is 0.944 bits per heavy atom. The lowest BCUT2D eigenvalue weighted by Gasteiger charge is -2.13. The van der Waals surface area contributed by atoms with Crippen molar-refractivity contribution in [1.29, 1.82) is 0 Å². The Kier molecular flexibility index (Phi) is 4.85. The highest BCUT2D eigenvalue weighted by Gasteiger charge is 2.15. The molecule has 0 radical (unpaired) electrons. The molecule has 2 aromatic rings. The highest BCUT2D eigenvalue weighted by molar-refractivity contribution is 9.08. The Bertz CT molecular complexity index is 596. The normalized spacial score (nSPS) is 10.7. The molecule has 0 heterocycles. The summed E-state index contributed by atoms with van der Waals surface area (Å²) in [6.07, 6.45) is 0. The molecule has 94 valence electrons. The summed E-state index contributed by atoms with van der Waals surface area (Å²) in [7, 11) is 0. The van der Waals surface area contributed by atoms with Gasteiger partial charge in [0.15, 0.2) is 0 Å². The van der Waals surface area contributed by atoms with Gasteiger partial charge in [-0.25, -0.2) is 0 Å². The highest BCUT2D eigenvalue weighted by atomic mass is 79.9. The number of benzene rings is 2. The first-order valence-electron chi connectivity index (χ1n) is 5.03. The molecule has 0 N–H and O–H groups in total. The molecule has 0 fully saturated rings. The molecule has 0 aliphatic heterocycles. The number of hydrogen-bond donors (Lipinski definition) is 0. The van der Waals surface area contributed by atoms with Gasteiger partial charge < -0.3 is 0 Å². The van der Waals surface area contributed by atoms with E-state index in [9.17, 15) is 0 Å². The van der Waals surface area contributed by atoms with Gasteiger partial charge in [0.1, 0.15) is 0 Å². The van der Waals surface area contributed by atoms with Gasteiger partial charge in [-0.05, 0) is 23.8 Å². The van der Waals surface area contributed by atoms with Gasteiger partial charge in [-0.2, -0.15) is 0 Å². The Hall–Kier alpha value is 0.0800. The lowest BCUT2D eigenvalue weighted by atomic mass is 10.0. The summed E-state index contributed by atoms with van der Waals surface area (Å²) in [5.41, 5.74) is 2.63. The summed E-state index contributed by atoms with van der Waals surface area (Å²) in [5.74, 6) is 0. The summed E-state index contributed by atoms with van der Waals surface area (Å²) in [5, 5.41) is 2.69. The van der Waals surface area contributed by atoms with E-state index in [1.807, 2.05) is 18.2 Å². The number of hydrogen-bond acceptors (Lipinski definition) is 0. The summed E-state index contributed by atoms with van der Waals surface area (Å²) >= 11 is 28.0. The van der Waals surface area contributed by atoms with E-state index in [-0.39, 0.29) is 0 Å². The number of rotatable bonds is 2. The van der Waals surface area contributed by atoms with E-state index in [0.717, 1.165) is 16.7 Å². The minimum Gasteiger partial charge on any atom is -0.0876 e. The first kappa shape index (κ1) is 14.5. The molecule has 0 nitrogen and oxygen atoms in total. The fourth-order valence-corrected chi connectivity index (χ4v) is 3.18. The van der Waals surface area contributed by atoms with Crippen LogP contribution in [0.15, 0.2) is 30.3 Å². The molecule has 0 bridgehead atoms. The van der Waals surface area contributed by atoms with Crippen molar-refractivity contribution in [2.24, 2.45) is 0 Å². The van der Waals surface area contributed by atoms with Gasteiger partial charge in [-0.1, -0.05) is 74.5 Å². The van der Waals surface area contributed by atoms with Crippen molar-refractivity contribution in [3.8, 4) is 11.1 Å². The van der Waals surface area contributed by atoms with Gasteiger partial charge >= 0.3 is 0 Å². The maximum Gasteiger partial charge on any atom is 0.0672 e. The Labute approximate surface area is 134 Å². The third kappa shape index (κ3) is 2.81. The monoisotopic (exact) mass is 382 g/mol. The molecular weight excluding hydrogens is 378 g/mol. The first-order valence-corrected chi connectivity index (χ1v) is 7.66. The third-order valence-corrected chi connectivity index (χ3v) is 4.45. The predicted octanol–water partition coefficient (Wildman–Crippen LogP) is 6.86. The van der Waals surface area contributed by atoms with Crippen LogP contribution < -0.4 is 0 Å². The molecule has 0 aromatic heterocycles. The molecule has 0 unspecified atom stereocenters. The van der Waals surface area contributed by atoms with Crippen molar-refractivity contribution < 1.29 is 0 Å². The van der Waals surface area contributed by atoms with E-state index in [1.165, 1.54) is 0 Å². The average Bonchev–Trinajstić information content (AvgIpc) is 2.33. The standard InChI is InChI=1S/C13H7BrCl4/c14-6-7-2-1-3-10(16)12(7)9-4-8(15)5-11(17)13(9)18/h1-5H,6H2. The van der Waals surface area contributed by atoms with Crippen LogP contribution in [0, 0.1) is 0 Å².